The zero-order valence-electron chi connectivity index (χ0n) is 16.9. The molecule has 0 saturated heterocycles. The molecule has 152 valence electrons. The van der Waals surface area contributed by atoms with Gasteiger partial charge in [0.1, 0.15) is 17.0 Å². The topological polar surface area (TPSA) is 56.1 Å². The van der Waals surface area contributed by atoms with E-state index in [-0.39, 0.29) is 5.89 Å². The molecule has 4 aromatic carbocycles. The highest BCUT2D eigenvalue weighted by atomic mass is 16.3. The van der Waals surface area contributed by atoms with E-state index in [1.165, 1.54) is 9.13 Å². The van der Waals surface area contributed by atoms with Gasteiger partial charge in [0.25, 0.3) is 0 Å². The minimum atomic E-state index is -0.483. The first-order chi connectivity index (χ1) is 15.7. The minimum absolute atomic E-state index is 0.223. The zero-order chi connectivity index (χ0) is 21.7. The Morgan fingerprint density at radius 1 is 0.688 bits per heavy atom. The summed E-state index contributed by atoms with van der Waals surface area (Å²) in [5, 5.41) is 2.86. The molecule has 0 amide bonds. The quantitative estimate of drug-likeness (QED) is 0.237. The molecule has 0 atom stereocenters. The van der Waals surface area contributed by atoms with Gasteiger partial charge in [-0.2, -0.15) is 4.79 Å². The van der Waals surface area contributed by atoms with Crippen LogP contribution in [0, 0.1) is 0 Å². The molecule has 0 aromatic heterocycles. The second-order valence-corrected chi connectivity index (χ2v) is 7.59. The van der Waals surface area contributed by atoms with Crippen LogP contribution >= 0.6 is 0 Å². The van der Waals surface area contributed by atoms with Gasteiger partial charge in [-0.1, -0.05) is 66.7 Å². The van der Waals surface area contributed by atoms with Gasteiger partial charge < -0.3 is 4.42 Å². The number of benzene rings is 4. The second-order valence-electron chi connectivity index (χ2n) is 7.59. The van der Waals surface area contributed by atoms with Crippen LogP contribution in [0.15, 0.2) is 117 Å². The summed E-state index contributed by atoms with van der Waals surface area (Å²) in [6, 6.07) is 31.8. The van der Waals surface area contributed by atoms with Crippen LogP contribution < -0.4 is 15.8 Å². The van der Waals surface area contributed by atoms with E-state index in [4.69, 9.17) is 4.42 Å². The molecule has 32 heavy (non-hydrogen) atoms. The van der Waals surface area contributed by atoms with Crippen molar-refractivity contribution in [3.8, 4) is 22.8 Å². The summed E-state index contributed by atoms with van der Waals surface area (Å²) in [7, 11) is 0. The van der Waals surface area contributed by atoms with Crippen LogP contribution in [0.3, 0.4) is 0 Å². The summed E-state index contributed by atoms with van der Waals surface area (Å²) in [4.78, 5) is 27.2. The Balaban J connectivity index is 1.84. The van der Waals surface area contributed by atoms with Crippen LogP contribution in [0.25, 0.3) is 44.6 Å². The summed E-state index contributed by atoms with van der Waals surface area (Å²) in [5.41, 5.74) is 1.17. The van der Waals surface area contributed by atoms with Gasteiger partial charge in [0.05, 0.1) is 0 Å². The third kappa shape index (κ3) is 2.68. The lowest BCUT2D eigenvalue weighted by atomic mass is 10.0. The van der Waals surface area contributed by atoms with Crippen molar-refractivity contribution >= 4 is 21.7 Å². The van der Waals surface area contributed by atoms with Gasteiger partial charge in [-0.3, -0.25) is 0 Å². The van der Waals surface area contributed by atoms with Crippen LogP contribution in [-0.2, 0) is 0 Å². The number of aromatic nitrogens is 2. The van der Waals surface area contributed by atoms with Crippen LogP contribution in [0.4, 0.5) is 0 Å². The van der Waals surface area contributed by atoms with E-state index in [0.29, 0.717) is 22.5 Å². The van der Waals surface area contributed by atoms with E-state index >= 15 is 0 Å². The van der Waals surface area contributed by atoms with E-state index in [1.54, 1.807) is 24.3 Å². The predicted octanol–water partition coefficient (Wildman–Crippen LogP) is 4.48. The highest BCUT2D eigenvalue weighted by Crippen LogP contribution is 2.30. The molecule has 2 heterocycles. The van der Waals surface area contributed by atoms with E-state index in [1.807, 2.05) is 78.9 Å². The molecule has 0 fully saturated rings. The standard InChI is InChI=1S/C27H17N2O3/c30-25-23-17-22-21-14-8-7-9-18(21)15-16-24(22)32-26(23)29(20-12-5-2-6-13-20)27(31)28(25)19-10-3-1-4-11-19/h1-17H/q+1. The fraction of sp³-hybridized carbons (Fsp3) is 0. The number of fused-ring (bicyclic) bond motifs is 4. The Kier molecular flexibility index (Phi) is 4.01. The predicted molar refractivity (Wildman–Crippen MR) is 124 cm³/mol. The maximum Gasteiger partial charge on any atom is 0.514 e. The molecule has 2 aliphatic rings. The summed E-state index contributed by atoms with van der Waals surface area (Å²) in [5.74, 6) is 0.223. The van der Waals surface area contributed by atoms with Crippen molar-refractivity contribution in [1.82, 2.24) is 4.57 Å². The van der Waals surface area contributed by atoms with Crippen molar-refractivity contribution in [2.75, 3.05) is 0 Å². The first-order valence-electron chi connectivity index (χ1n) is 10.3. The van der Waals surface area contributed by atoms with Crippen LogP contribution in [-0.4, -0.2) is 4.57 Å². The Hall–Kier alpha value is -4.51. The summed E-state index contributed by atoms with van der Waals surface area (Å²) >= 11 is 0. The van der Waals surface area contributed by atoms with Crippen molar-refractivity contribution in [1.29, 1.82) is 0 Å². The number of hydrogen-bond donors (Lipinski definition) is 0. The van der Waals surface area contributed by atoms with Gasteiger partial charge in [0.2, 0.25) is 0 Å². The molecule has 0 aliphatic carbocycles. The SMILES string of the molecule is O=c1c2cc3c(ccc4ccccc43)oc-2[n+](-c2ccccc2)c(=O)n1-c1ccccc1. The molecule has 6 rings (SSSR count). The molecule has 4 aromatic rings. The largest absolute Gasteiger partial charge is 0.514 e. The Labute approximate surface area is 182 Å². The molecule has 0 unspecified atom stereocenters. The van der Waals surface area contributed by atoms with E-state index in [0.717, 1.165) is 16.2 Å². The summed E-state index contributed by atoms with van der Waals surface area (Å²) in [6.45, 7) is 0. The van der Waals surface area contributed by atoms with Gasteiger partial charge in [-0.05, 0) is 47.2 Å². The van der Waals surface area contributed by atoms with Gasteiger partial charge >= 0.3 is 17.1 Å². The van der Waals surface area contributed by atoms with Gasteiger partial charge in [0, 0.05) is 5.39 Å². The number of hydrogen-bond acceptors (Lipinski definition) is 3. The molecule has 0 saturated carbocycles. The third-order valence-electron chi connectivity index (χ3n) is 5.70. The van der Waals surface area contributed by atoms with Crippen molar-refractivity contribution < 1.29 is 8.98 Å². The molecular formula is C27H17N2O3+. The Morgan fingerprint density at radius 2 is 1.38 bits per heavy atom. The molecular weight excluding hydrogens is 400 g/mol. The second kappa shape index (κ2) is 7.03. The van der Waals surface area contributed by atoms with Crippen molar-refractivity contribution in [2.24, 2.45) is 0 Å². The lowest BCUT2D eigenvalue weighted by Gasteiger charge is -2.11. The minimum Gasteiger partial charge on any atom is -0.421 e. The summed E-state index contributed by atoms with van der Waals surface area (Å²) < 4.78 is 8.89. The average Bonchev–Trinajstić information content (AvgIpc) is 2.84. The van der Waals surface area contributed by atoms with E-state index < -0.39 is 11.2 Å². The Morgan fingerprint density at radius 3 is 2.16 bits per heavy atom. The lowest BCUT2D eigenvalue weighted by Crippen LogP contribution is -2.58. The number of para-hydroxylation sites is 2. The highest BCUT2D eigenvalue weighted by Gasteiger charge is 2.31. The molecule has 0 bridgehead atoms. The maximum absolute atomic E-state index is 13.6. The van der Waals surface area contributed by atoms with E-state index in [2.05, 4.69) is 0 Å². The van der Waals surface area contributed by atoms with Crippen molar-refractivity contribution in [3.05, 3.63) is 124 Å². The van der Waals surface area contributed by atoms with Crippen molar-refractivity contribution in [3.63, 3.8) is 0 Å². The fourth-order valence-electron chi connectivity index (χ4n) is 4.20. The van der Waals surface area contributed by atoms with Crippen LogP contribution in [0.5, 0.6) is 0 Å². The molecule has 0 radical (unpaired) electrons. The molecule has 5 nitrogen and oxygen atoms in total. The van der Waals surface area contributed by atoms with Gasteiger partial charge in [0.15, 0.2) is 5.56 Å². The van der Waals surface area contributed by atoms with Gasteiger partial charge in [-0.15, -0.1) is 9.13 Å². The third-order valence-corrected chi connectivity index (χ3v) is 5.70. The zero-order valence-corrected chi connectivity index (χ0v) is 16.9. The number of nitrogens with zero attached hydrogens (tertiary/aromatic N) is 2. The molecule has 2 aliphatic heterocycles. The normalized spacial score (nSPS) is 11.4. The first kappa shape index (κ1) is 18.3. The van der Waals surface area contributed by atoms with E-state index in [9.17, 15) is 9.59 Å². The molecule has 0 spiro atoms. The molecule has 0 N–H and O–H groups in total. The van der Waals surface area contributed by atoms with Gasteiger partial charge in [-0.25, -0.2) is 4.79 Å². The van der Waals surface area contributed by atoms with Crippen LogP contribution in [0.2, 0.25) is 0 Å². The maximum atomic E-state index is 13.6. The summed E-state index contributed by atoms with van der Waals surface area (Å²) in [6.07, 6.45) is 0. The van der Waals surface area contributed by atoms with Crippen LogP contribution in [0.1, 0.15) is 0 Å². The lowest BCUT2D eigenvalue weighted by molar-refractivity contribution is -0.614. The highest BCUT2D eigenvalue weighted by molar-refractivity contribution is 6.06. The first-order valence-corrected chi connectivity index (χ1v) is 10.3. The smallest absolute Gasteiger partial charge is 0.421 e. The number of rotatable bonds is 2. The average molecular weight is 417 g/mol. The Bertz CT molecular complexity index is 1700. The molecule has 5 heteroatoms. The monoisotopic (exact) mass is 417 g/mol. The van der Waals surface area contributed by atoms with Crippen molar-refractivity contribution in [2.45, 2.75) is 0 Å². The fourth-order valence-corrected chi connectivity index (χ4v) is 4.20.